The second-order valence-corrected chi connectivity index (χ2v) is 9.10. The number of nitrogens with one attached hydrogen (secondary N) is 2. The molecule has 1 aromatic heterocycles. The van der Waals surface area contributed by atoms with Crippen molar-refractivity contribution in [3.8, 4) is 0 Å². The number of piperidine rings is 1. The normalized spacial score (nSPS) is 26.0. The minimum absolute atomic E-state index is 0. The molecule has 0 amide bonds. The fourth-order valence-corrected chi connectivity index (χ4v) is 5.41. The van der Waals surface area contributed by atoms with Gasteiger partial charge in [0.1, 0.15) is 0 Å². The Morgan fingerprint density at radius 3 is 2.19 bits per heavy atom. The number of aromatic nitrogens is 3. The van der Waals surface area contributed by atoms with E-state index in [1.165, 1.54) is 0 Å². The lowest BCUT2D eigenvalue weighted by Gasteiger charge is -2.42. The number of rotatable bonds is 5. The molecule has 12 heteroatoms. The fourth-order valence-electron chi connectivity index (χ4n) is 5.41. The van der Waals surface area contributed by atoms with Crippen LogP contribution >= 0.6 is 12.4 Å². The second kappa shape index (κ2) is 9.68. The number of alkyl halides is 6. The minimum Gasteiger partial charge on any atom is -0.371 e. The van der Waals surface area contributed by atoms with Gasteiger partial charge in [0, 0.05) is 12.0 Å². The van der Waals surface area contributed by atoms with Crippen molar-refractivity contribution in [2.75, 3.05) is 0 Å². The first-order valence-corrected chi connectivity index (χ1v) is 11.2. The monoisotopic (exact) mass is 532 g/mol. The van der Waals surface area contributed by atoms with Gasteiger partial charge >= 0.3 is 12.4 Å². The Hall–Kier alpha value is -2.63. The molecule has 4 unspecified atom stereocenters. The van der Waals surface area contributed by atoms with E-state index in [4.69, 9.17) is 4.74 Å². The van der Waals surface area contributed by atoms with Crippen LogP contribution in [-0.4, -0.2) is 27.6 Å². The molecule has 0 aliphatic carbocycles. The summed E-state index contributed by atoms with van der Waals surface area (Å²) in [6.07, 6.45) is -6.68. The van der Waals surface area contributed by atoms with E-state index in [-0.39, 0.29) is 42.6 Å². The molecule has 3 heterocycles. The number of fused-ring (bicyclic) bond motifs is 2. The maximum absolute atomic E-state index is 13.3. The smallest absolute Gasteiger partial charge is 0.371 e. The first-order valence-electron chi connectivity index (χ1n) is 11.2. The molecule has 2 saturated heterocycles. The van der Waals surface area contributed by atoms with Crippen LogP contribution < -0.4 is 5.32 Å². The Morgan fingerprint density at radius 2 is 1.61 bits per heavy atom. The zero-order valence-electron chi connectivity index (χ0n) is 18.7. The van der Waals surface area contributed by atoms with E-state index in [0.29, 0.717) is 12.8 Å². The molecule has 3 aromatic rings. The molecule has 4 atom stereocenters. The molecule has 194 valence electrons. The molecule has 2 aliphatic heterocycles. The van der Waals surface area contributed by atoms with Gasteiger partial charge in [0.05, 0.1) is 41.3 Å². The molecule has 5 nitrogen and oxygen atoms in total. The van der Waals surface area contributed by atoms with Gasteiger partial charge in [-0.3, -0.25) is 5.10 Å². The Kier molecular flexibility index (Phi) is 7.11. The number of nitrogens with zero attached hydrogens (tertiary/aromatic N) is 2. The van der Waals surface area contributed by atoms with Crippen LogP contribution in [-0.2, 0) is 29.2 Å². The Labute approximate surface area is 209 Å². The lowest BCUT2D eigenvalue weighted by atomic mass is 9.79. The quantitative estimate of drug-likeness (QED) is 0.397. The highest BCUT2D eigenvalue weighted by atomic mass is 35.5. The molecule has 2 bridgehead atoms. The van der Waals surface area contributed by atoms with Crippen molar-refractivity contribution in [2.24, 2.45) is 0 Å². The van der Waals surface area contributed by atoms with E-state index in [1.54, 1.807) is 6.20 Å². The van der Waals surface area contributed by atoms with E-state index >= 15 is 0 Å². The predicted octanol–water partition coefficient (Wildman–Crippen LogP) is 5.98. The van der Waals surface area contributed by atoms with Crippen molar-refractivity contribution < 1.29 is 31.1 Å². The van der Waals surface area contributed by atoms with Crippen molar-refractivity contribution >= 4 is 12.4 Å². The number of ether oxygens (including phenoxy) is 1. The maximum atomic E-state index is 13.3. The highest BCUT2D eigenvalue weighted by molar-refractivity contribution is 5.85. The molecule has 0 spiro atoms. The fraction of sp³-hybridized carbons (Fsp3) is 0.417. The van der Waals surface area contributed by atoms with Crippen LogP contribution in [0.2, 0.25) is 0 Å². The topological polar surface area (TPSA) is 62.8 Å². The van der Waals surface area contributed by atoms with Crippen molar-refractivity contribution in [2.45, 2.75) is 61.8 Å². The van der Waals surface area contributed by atoms with Gasteiger partial charge in [-0.1, -0.05) is 35.5 Å². The Bertz CT molecular complexity index is 1140. The summed E-state index contributed by atoms with van der Waals surface area (Å²) in [4.78, 5) is 0. The first kappa shape index (κ1) is 26.4. The summed E-state index contributed by atoms with van der Waals surface area (Å²) in [5.41, 5.74) is -1.71. The van der Waals surface area contributed by atoms with E-state index in [1.807, 2.05) is 30.3 Å². The molecule has 2 N–H and O–H groups in total. The standard InChI is InChI=1S/C24H22F6N4O.ClH/c25-23(26,27)16-8-14(9-17(10-16)24(28,29)30)13-35-21-7-6-19-18(20-12-31-34-33-20)11-22(21,32-19)15-4-2-1-3-5-15;/h1-5,8-10,12,18-19,21,32H,6-7,11,13H2,(H,31,33,34);1H. The third-order valence-corrected chi connectivity index (χ3v) is 6.98. The van der Waals surface area contributed by atoms with Crippen LogP contribution in [0.1, 0.15) is 53.1 Å². The molecule has 0 saturated carbocycles. The zero-order chi connectivity index (χ0) is 24.8. The minimum atomic E-state index is -4.91. The Morgan fingerprint density at radius 1 is 0.944 bits per heavy atom. The van der Waals surface area contributed by atoms with E-state index in [0.717, 1.165) is 29.8 Å². The molecular weight excluding hydrogens is 510 g/mol. The number of halogens is 7. The summed E-state index contributed by atoms with van der Waals surface area (Å²) >= 11 is 0. The van der Waals surface area contributed by atoms with Gasteiger partial charge < -0.3 is 10.1 Å². The highest BCUT2D eigenvalue weighted by Gasteiger charge is 2.55. The van der Waals surface area contributed by atoms with Crippen LogP contribution in [0.25, 0.3) is 0 Å². The average Bonchev–Trinajstić information content (AvgIpc) is 3.45. The summed E-state index contributed by atoms with van der Waals surface area (Å²) in [5, 5.41) is 14.3. The number of aromatic amines is 1. The first-order chi connectivity index (χ1) is 16.6. The Balaban J connectivity index is 0.00000304. The lowest BCUT2D eigenvalue weighted by molar-refractivity contribution is -0.143. The number of H-pyrrole nitrogens is 1. The van der Waals surface area contributed by atoms with Crippen molar-refractivity contribution in [3.05, 3.63) is 82.7 Å². The van der Waals surface area contributed by atoms with Gasteiger partial charge in [0.15, 0.2) is 0 Å². The number of hydrogen-bond donors (Lipinski definition) is 2. The number of benzene rings is 2. The summed E-state index contributed by atoms with van der Waals surface area (Å²) in [5.74, 6) is 0.0594. The van der Waals surface area contributed by atoms with Gasteiger partial charge in [-0.05, 0) is 48.6 Å². The molecular formula is C24H23ClF6N4O. The van der Waals surface area contributed by atoms with Crippen LogP contribution in [0.5, 0.6) is 0 Å². The molecule has 2 fully saturated rings. The van der Waals surface area contributed by atoms with Gasteiger partial charge in [-0.2, -0.15) is 26.3 Å². The van der Waals surface area contributed by atoms with Crippen LogP contribution in [0.15, 0.2) is 54.7 Å². The molecule has 0 radical (unpaired) electrons. The third-order valence-electron chi connectivity index (χ3n) is 6.98. The molecule has 36 heavy (non-hydrogen) atoms. The molecule has 2 aromatic carbocycles. The van der Waals surface area contributed by atoms with Gasteiger partial charge in [0.25, 0.3) is 0 Å². The van der Waals surface area contributed by atoms with Gasteiger partial charge in [-0.25, -0.2) is 0 Å². The summed E-state index contributed by atoms with van der Waals surface area (Å²) in [7, 11) is 0. The largest absolute Gasteiger partial charge is 0.416 e. The van der Waals surface area contributed by atoms with Gasteiger partial charge in [0.2, 0.25) is 0 Å². The maximum Gasteiger partial charge on any atom is 0.416 e. The van der Waals surface area contributed by atoms with Crippen LogP contribution in [0.3, 0.4) is 0 Å². The van der Waals surface area contributed by atoms with Crippen LogP contribution in [0.4, 0.5) is 26.3 Å². The SMILES string of the molecule is Cl.FC(F)(F)c1cc(COC2CCC3NC2(c2ccccc2)CC3c2cnn[nH]2)cc(C(F)(F)F)c1. The summed E-state index contributed by atoms with van der Waals surface area (Å²) < 4.78 is 85.8. The highest BCUT2D eigenvalue weighted by Crippen LogP contribution is 2.50. The van der Waals surface area contributed by atoms with E-state index in [2.05, 4.69) is 20.7 Å². The predicted molar refractivity (Wildman–Crippen MR) is 120 cm³/mol. The van der Waals surface area contributed by atoms with E-state index < -0.39 is 35.1 Å². The number of hydrogen-bond acceptors (Lipinski definition) is 4. The van der Waals surface area contributed by atoms with Crippen molar-refractivity contribution in [1.82, 2.24) is 20.7 Å². The zero-order valence-corrected chi connectivity index (χ0v) is 19.6. The second-order valence-electron chi connectivity index (χ2n) is 9.10. The van der Waals surface area contributed by atoms with Crippen molar-refractivity contribution in [3.63, 3.8) is 0 Å². The lowest BCUT2D eigenvalue weighted by Crippen LogP contribution is -2.54. The third kappa shape index (κ3) is 4.96. The molecule has 2 aliphatic rings. The van der Waals surface area contributed by atoms with E-state index in [9.17, 15) is 26.3 Å². The molecule has 5 rings (SSSR count). The van der Waals surface area contributed by atoms with Crippen LogP contribution in [0, 0.1) is 0 Å². The summed E-state index contributed by atoms with van der Waals surface area (Å²) in [6.45, 7) is -0.380. The average molecular weight is 533 g/mol. The van der Waals surface area contributed by atoms with Crippen molar-refractivity contribution in [1.29, 1.82) is 0 Å². The summed E-state index contributed by atoms with van der Waals surface area (Å²) in [6, 6.07) is 11.2. The van der Waals surface area contributed by atoms with Gasteiger partial charge in [-0.15, -0.1) is 17.5 Å².